The Morgan fingerprint density at radius 2 is 2.47 bits per heavy atom. The molecule has 0 spiro atoms. The second kappa shape index (κ2) is 5.09. The molecule has 2 aromatic heterocycles. The highest BCUT2D eigenvalue weighted by Crippen LogP contribution is 2.16. The lowest BCUT2D eigenvalue weighted by Gasteiger charge is -2.02. The van der Waals surface area contributed by atoms with Crippen LogP contribution in [0.1, 0.15) is 5.76 Å². The van der Waals surface area contributed by atoms with E-state index in [1.165, 1.54) is 0 Å². The van der Waals surface area contributed by atoms with E-state index >= 15 is 0 Å². The molecule has 0 bridgehead atoms. The van der Waals surface area contributed by atoms with Crippen molar-refractivity contribution in [2.24, 2.45) is 0 Å². The van der Waals surface area contributed by atoms with Crippen LogP contribution >= 0.6 is 15.9 Å². The van der Waals surface area contributed by atoms with Gasteiger partial charge in [-0.25, -0.2) is 0 Å². The van der Waals surface area contributed by atoms with E-state index in [4.69, 9.17) is 4.42 Å². The minimum Gasteiger partial charge on any atom is -0.467 e. The predicted octanol–water partition coefficient (Wildman–Crippen LogP) is 1.42. The first-order chi connectivity index (χ1) is 7.36. The monoisotopic (exact) mass is 270 g/mol. The number of nitrogens with zero attached hydrogens (tertiary/aromatic N) is 3. The van der Waals surface area contributed by atoms with Crippen molar-refractivity contribution >= 4 is 15.9 Å². The molecule has 0 unspecified atom stereocenters. The van der Waals surface area contributed by atoms with Gasteiger partial charge >= 0.3 is 0 Å². The van der Waals surface area contributed by atoms with Crippen molar-refractivity contribution in [3.8, 4) is 0 Å². The average molecular weight is 271 g/mol. The highest BCUT2D eigenvalue weighted by Gasteiger charge is 2.01. The number of hydrogen-bond donors (Lipinski definition) is 1. The molecule has 0 radical (unpaired) electrons. The second-order valence-electron chi connectivity index (χ2n) is 3.03. The molecule has 0 amide bonds. The van der Waals surface area contributed by atoms with Crippen molar-refractivity contribution in [3.63, 3.8) is 0 Å². The fourth-order valence-electron chi connectivity index (χ4n) is 1.20. The Balaban J connectivity index is 1.70. The Morgan fingerprint density at radius 3 is 3.13 bits per heavy atom. The van der Waals surface area contributed by atoms with E-state index in [-0.39, 0.29) is 0 Å². The first-order valence-corrected chi connectivity index (χ1v) is 5.42. The number of rotatable bonds is 5. The predicted molar refractivity (Wildman–Crippen MR) is 58.1 cm³/mol. The standard InChI is InChI=1S/C9H11BrN4O/c10-8-1-6-15-9(8)7-11-2-4-14-5-3-12-13-14/h1,3,5-6,11H,2,4,7H2. The van der Waals surface area contributed by atoms with E-state index in [1.807, 2.05) is 12.3 Å². The Kier molecular flexibility index (Phi) is 3.52. The Hall–Kier alpha value is -1.14. The summed E-state index contributed by atoms with van der Waals surface area (Å²) in [5.74, 6) is 0.911. The largest absolute Gasteiger partial charge is 0.467 e. The summed E-state index contributed by atoms with van der Waals surface area (Å²) in [5, 5.41) is 10.8. The zero-order valence-corrected chi connectivity index (χ0v) is 9.64. The van der Waals surface area contributed by atoms with Crippen LogP contribution < -0.4 is 5.32 Å². The van der Waals surface area contributed by atoms with Gasteiger partial charge in [-0.05, 0) is 22.0 Å². The fourth-order valence-corrected chi connectivity index (χ4v) is 1.54. The molecule has 1 N–H and O–H groups in total. The maximum atomic E-state index is 5.26. The molecule has 2 aromatic rings. The zero-order valence-electron chi connectivity index (χ0n) is 8.06. The SMILES string of the molecule is Brc1ccoc1CNCCn1ccnn1. The van der Waals surface area contributed by atoms with Crippen molar-refractivity contribution < 1.29 is 4.42 Å². The molecule has 0 saturated heterocycles. The van der Waals surface area contributed by atoms with Gasteiger partial charge in [-0.1, -0.05) is 5.21 Å². The third kappa shape index (κ3) is 2.90. The molecule has 0 aliphatic carbocycles. The summed E-state index contributed by atoms with van der Waals surface area (Å²) in [5.41, 5.74) is 0. The minimum atomic E-state index is 0.711. The molecule has 5 nitrogen and oxygen atoms in total. The maximum Gasteiger partial charge on any atom is 0.131 e. The molecule has 0 fully saturated rings. The fraction of sp³-hybridized carbons (Fsp3) is 0.333. The molecule has 15 heavy (non-hydrogen) atoms. The molecule has 0 aliphatic heterocycles. The molecule has 2 heterocycles. The van der Waals surface area contributed by atoms with Crippen LogP contribution in [-0.2, 0) is 13.1 Å². The van der Waals surface area contributed by atoms with E-state index in [1.54, 1.807) is 17.1 Å². The van der Waals surface area contributed by atoms with Gasteiger partial charge in [-0.15, -0.1) is 5.10 Å². The molecule has 0 atom stereocenters. The van der Waals surface area contributed by atoms with Crippen LogP contribution in [0.15, 0.2) is 33.6 Å². The second-order valence-corrected chi connectivity index (χ2v) is 3.89. The van der Waals surface area contributed by atoms with Crippen LogP contribution in [0.5, 0.6) is 0 Å². The van der Waals surface area contributed by atoms with Crippen LogP contribution in [-0.4, -0.2) is 21.5 Å². The lowest BCUT2D eigenvalue weighted by molar-refractivity contribution is 0.466. The van der Waals surface area contributed by atoms with Crippen LogP contribution in [0.4, 0.5) is 0 Å². The van der Waals surface area contributed by atoms with E-state index in [9.17, 15) is 0 Å². The van der Waals surface area contributed by atoms with E-state index in [2.05, 4.69) is 31.6 Å². The Bertz CT molecular complexity index is 398. The normalized spacial score (nSPS) is 10.7. The van der Waals surface area contributed by atoms with Gasteiger partial charge in [0.05, 0.1) is 30.0 Å². The molecular weight excluding hydrogens is 260 g/mol. The molecule has 0 saturated carbocycles. The summed E-state index contributed by atoms with van der Waals surface area (Å²) in [6, 6.07) is 1.88. The van der Waals surface area contributed by atoms with Crippen LogP contribution in [0.3, 0.4) is 0 Å². The van der Waals surface area contributed by atoms with E-state index in [0.717, 1.165) is 23.3 Å². The van der Waals surface area contributed by atoms with Gasteiger partial charge in [0, 0.05) is 12.7 Å². The lowest BCUT2D eigenvalue weighted by Crippen LogP contribution is -2.19. The summed E-state index contributed by atoms with van der Waals surface area (Å²) in [7, 11) is 0. The molecular formula is C9H11BrN4O. The van der Waals surface area contributed by atoms with Crippen molar-refractivity contribution in [2.45, 2.75) is 13.1 Å². The smallest absolute Gasteiger partial charge is 0.131 e. The van der Waals surface area contributed by atoms with Crippen molar-refractivity contribution in [1.82, 2.24) is 20.3 Å². The van der Waals surface area contributed by atoms with Crippen LogP contribution in [0.2, 0.25) is 0 Å². The van der Waals surface area contributed by atoms with Crippen LogP contribution in [0, 0.1) is 0 Å². The lowest BCUT2D eigenvalue weighted by atomic mass is 10.4. The van der Waals surface area contributed by atoms with E-state index in [0.29, 0.717) is 6.54 Å². The highest BCUT2D eigenvalue weighted by atomic mass is 79.9. The zero-order chi connectivity index (χ0) is 10.5. The van der Waals surface area contributed by atoms with Gasteiger partial charge < -0.3 is 9.73 Å². The van der Waals surface area contributed by atoms with Gasteiger partial charge in [0.2, 0.25) is 0 Å². The number of nitrogens with one attached hydrogen (secondary N) is 1. The quantitative estimate of drug-likeness (QED) is 0.836. The summed E-state index contributed by atoms with van der Waals surface area (Å²) in [6.07, 6.45) is 5.17. The molecule has 2 rings (SSSR count). The minimum absolute atomic E-state index is 0.711. The first-order valence-electron chi connectivity index (χ1n) is 4.63. The summed E-state index contributed by atoms with van der Waals surface area (Å²) in [6.45, 7) is 2.34. The van der Waals surface area contributed by atoms with Gasteiger partial charge in [-0.2, -0.15) is 0 Å². The first kappa shape index (κ1) is 10.4. The summed E-state index contributed by atoms with van der Waals surface area (Å²) >= 11 is 3.40. The van der Waals surface area contributed by atoms with Crippen molar-refractivity contribution in [3.05, 3.63) is 35.0 Å². The number of hydrogen-bond acceptors (Lipinski definition) is 4. The van der Waals surface area contributed by atoms with Gasteiger partial charge in [-0.3, -0.25) is 4.68 Å². The van der Waals surface area contributed by atoms with Gasteiger partial charge in [0.25, 0.3) is 0 Å². The molecule has 80 valence electrons. The van der Waals surface area contributed by atoms with Gasteiger partial charge in [0.1, 0.15) is 5.76 Å². The Labute approximate surface area is 95.6 Å². The molecule has 6 heteroatoms. The highest BCUT2D eigenvalue weighted by molar-refractivity contribution is 9.10. The van der Waals surface area contributed by atoms with Crippen molar-refractivity contribution in [2.75, 3.05) is 6.54 Å². The van der Waals surface area contributed by atoms with Crippen molar-refractivity contribution in [1.29, 1.82) is 0 Å². The number of aromatic nitrogens is 3. The average Bonchev–Trinajstić information content (AvgIpc) is 2.85. The molecule has 0 aliphatic rings. The Morgan fingerprint density at radius 1 is 1.53 bits per heavy atom. The number of furan rings is 1. The van der Waals surface area contributed by atoms with Crippen LogP contribution in [0.25, 0.3) is 0 Å². The van der Waals surface area contributed by atoms with Gasteiger partial charge in [0.15, 0.2) is 0 Å². The topological polar surface area (TPSA) is 55.9 Å². The third-order valence-electron chi connectivity index (χ3n) is 1.97. The maximum absolute atomic E-state index is 5.26. The summed E-state index contributed by atoms with van der Waals surface area (Å²) in [4.78, 5) is 0. The third-order valence-corrected chi connectivity index (χ3v) is 2.67. The number of halogens is 1. The van der Waals surface area contributed by atoms with E-state index < -0.39 is 0 Å². The molecule has 0 aromatic carbocycles. The summed E-state index contributed by atoms with van der Waals surface area (Å²) < 4.78 is 8.04.